The Kier molecular flexibility index (Phi) is 6.03. The highest BCUT2D eigenvalue weighted by Gasteiger charge is 1.94. The Morgan fingerprint density at radius 3 is 2.71 bits per heavy atom. The van der Waals surface area contributed by atoms with Gasteiger partial charge in [0, 0.05) is 6.42 Å². The second-order valence-corrected chi connectivity index (χ2v) is 4.23. The van der Waals surface area contributed by atoms with Crippen LogP contribution in [0, 0.1) is 17.1 Å². The van der Waals surface area contributed by atoms with Gasteiger partial charge in [0.15, 0.2) is 0 Å². The quantitative estimate of drug-likeness (QED) is 0.526. The van der Waals surface area contributed by atoms with Gasteiger partial charge in [-0.2, -0.15) is 5.26 Å². The lowest BCUT2D eigenvalue weighted by molar-refractivity contribution is 0.627. The number of halogens is 1. The van der Waals surface area contributed by atoms with E-state index in [0.29, 0.717) is 6.42 Å². The first-order chi connectivity index (χ1) is 8.22. The number of hydrogen-bond acceptors (Lipinski definition) is 1. The summed E-state index contributed by atoms with van der Waals surface area (Å²) in [6.45, 7) is 2.10. The fourth-order valence-electron chi connectivity index (χ4n) is 1.68. The van der Waals surface area contributed by atoms with Crippen LogP contribution in [0.1, 0.15) is 38.2 Å². The largest absolute Gasteiger partial charge is 0.207 e. The third-order valence-electron chi connectivity index (χ3n) is 2.70. The highest BCUT2D eigenvalue weighted by Crippen LogP contribution is 2.10. The van der Waals surface area contributed by atoms with Gasteiger partial charge in [-0.15, -0.1) is 0 Å². The smallest absolute Gasteiger partial charge is 0.123 e. The molecule has 1 aromatic rings. The molecule has 90 valence electrons. The molecule has 0 aliphatic rings. The van der Waals surface area contributed by atoms with Gasteiger partial charge in [-0.1, -0.05) is 23.8 Å². The van der Waals surface area contributed by atoms with Crippen molar-refractivity contribution in [2.75, 3.05) is 0 Å². The van der Waals surface area contributed by atoms with Crippen molar-refractivity contribution in [2.45, 2.75) is 39.0 Å². The van der Waals surface area contributed by atoms with Crippen LogP contribution < -0.4 is 0 Å². The molecule has 0 saturated heterocycles. The van der Waals surface area contributed by atoms with Crippen molar-refractivity contribution in [3.63, 3.8) is 0 Å². The van der Waals surface area contributed by atoms with Crippen molar-refractivity contribution in [3.05, 3.63) is 47.3 Å². The fraction of sp³-hybridized carbons (Fsp3) is 0.400. The molecule has 0 aromatic heterocycles. The van der Waals surface area contributed by atoms with Gasteiger partial charge in [0.2, 0.25) is 0 Å². The summed E-state index contributed by atoms with van der Waals surface area (Å²) >= 11 is 0. The number of benzene rings is 1. The van der Waals surface area contributed by atoms with E-state index in [0.717, 1.165) is 31.2 Å². The van der Waals surface area contributed by atoms with Crippen LogP contribution >= 0.6 is 0 Å². The third kappa shape index (κ3) is 5.87. The molecule has 0 radical (unpaired) electrons. The molecule has 0 amide bonds. The average Bonchev–Trinajstić information content (AvgIpc) is 2.32. The van der Waals surface area contributed by atoms with Crippen molar-refractivity contribution in [2.24, 2.45) is 0 Å². The van der Waals surface area contributed by atoms with Crippen molar-refractivity contribution >= 4 is 0 Å². The lowest BCUT2D eigenvalue weighted by Gasteiger charge is -2.00. The summed E-state index contributed by atoms with van der Waals surface area (Å²) in [5.74, 6) is -0.183. The minimum Gasteiger partial charge on any atom is -0.207 e. The van der Waals surface area contributed by atoms with E-state index < -0.39 is 0 Å². The topological polar surface area (TPSA) is 23.8 Å². The van der Waals surface area contributed by atoms with Crippen LogP contribution in [-0.2, 0) is 6.42 Å². The molecular formula is C15H18FN. The number of aryl methyl sites for hydroxylation is 1. The zero-order valence-electron chi connectivity index (χ0n) is 10.2. The minimum absolute atomic E-state index is 0.183. The standard InChI is InChI=1S/C15H18FN/c1-13(5-2-3-12-17)6-4-7-14-8-10-15(16)11-9-14/h6,8-11H,2-5,7H2,1H3. The van der Waals surface area contributed by atoms with Crippen LogP contribution in [0.25, 0.3) is 0 Å². The summed E-state index contributed by atoms with van der Waals surface area (Å²) in [7, 11) is 0. The molecule has 2 heteroatoms. The maximum atomic E-state index is 12.7. The zero-order valence-corrected chi connectivity index (χ0v) is 10.2. The molecule has 0 aliphatic heterocycles. The minimum atomic E-state index is -0.183. The number of hydrogen-bond donors (Lipinski definition) is 0. The first-order valence-corrected chi connectivity index (χ1v) is 5.99. The van der Waals surface area contributed by atoms with E-state index in [2.05, 4.69) is 19.1 Å². The van der Waals surface area contributed by atoms with E-state index in [9.17, 15) is 4.39 Å². The maximum absolute atomic E-state index is 12.7. The molecule has 1 nitrogen and oxygen atoms in total. The average molecular weight is 231 g/mol. The second-order valence-electron chi connectivity index (χ2n) is 4.23. The van der Waals surface area contributed by atoms with Gasteiger partial charge in [0.1, 0.15) is 5.82 Å². The van der Waals surface area contributed by atoms with Crippen LogP contribution in [-0.4, -0.2) is 0 Å². The number of nitriles is 1. The summed E-state index contributed by atoms with van der Waals surface area (Å²) in [5, 5.41) is 8.43. The molecule has 1 aromatic carbocycles. The van der Waals surface area contributed by atoms with Crippen LogP contribution in [0.2, 0.25) is 0 Å². The fourth-order valence-corrected chi connectivity index (χ4v) is 1.68. The van der Waals surface area contributed by atoms with Crippen molar-refractivity contribution in [3.8, 4) is 6.07 Å². The van der Waals surface area contributed by atoms with Gasteiger partial charge in [-0.3, -0.25) is 0 Å². The monoisotopic (exact) mass is 231 g/mol. The van der Waals surface area contributed by atoms with E-state index in [1.165, 1.54) is 17.7 Å². The number of allylic oxidation sites excluding steroid dienone is 2. The van der Waals surface area contributed by atoms with E-state index >= 15 is 0 Å². The molecule has 0 bridgehead atoms. The van der Waals surface area contributed by atoms with Crippen LogP contribution in [0.15, 0.2) is 35.9 Å². The molecule has 0 atom stereocenters. The first-order valence-electron chi connectivity index (χ1n) is 5.99. The normalized spacial score (nSPS) is 11.2. The van der Waals surface area contributed by atoms with Gasteiger partial charge >= 0.3 is 0 Å². The Bertz CT molecular complexity index is 398. The van der Waals surface area contributed by atoms with E-state index in [4.69, 9.17) is 5.26 Å². The van der Waals surface area contributed by atoms with Gasteiger partial charge < -0.3 is 0 Å². The van der Waals surface area contributed by atoms with Crippen LogP contribution in [0.3, 0.4) is 0 Å². The summed E-state index contributed by atoms with van der Waals surface area (Å²) in [6, 6.07) is 8.80. The Morgan fingerprint density at radius 2 is 2.06 bits per heavy atom. The molecule has 0 heterocycles. The summed E-state index contributed by atoms with van der Waals surface area (Å²) in [4.78, 5) is 0. The highest BCUT2D eigenvalue weighted by atomic mass is 19.1. The van der Waals surface area contributed by atoms with Gasteiger partial charge in [0.25, 0.3) is 0 Å². The first kappa shape index (κ1) is 13.4. The molecule has 0 fully saturated rings. The highest BCUT2D eigenvalue weighted by molar-refractivity contribution is 5.16. The molecule has 0 unspecified atom stereocenters. The predicted molar refractivity (Wildman–Crippen MR) is 67.9 cm³/mol. The lowest BCUT2D eigenvalue weighted by atomic mass is 10.1. The van der Waals surface area contributed by atoms with E-state index in [1.807, 2.05) is 12.1 Å². The zero-order chi connectivity index (χ0) is 12.5. The molecule has 0 spiro atoms. The van der Waals surface area contributed by atoms with Crippen molar-refractivity contribution < 1.29 is 4.39 Å². The lowest BCUT2D eigenvalue weighted by Crippen LogP contribution is -1.85. The van der Waals surface area contributed by atoms with Crippen molar-refractivity contribution in [1.29, 1.82) is 5.26 Å². The molecule has 0 aliphatic carbocycles. The third-order valence-corrected chi connectivity index (χ3v) is 2.70. The van der Waals surface area contributed by atoms with Crippen LogP contribution in [0.4, 0.5) is 4.39 Å². The summed E-state index contributed by atoms with van der Waals surface area (Å²) < 4.78 is 12.7. The Hall–Kier alpha value is -1.62. The van der Waals surface area contributed by atoms with Gasteiger partial charge in [-0.25, -0.2) is 4.39 Å². The molecule has 0 saturated carbocycles. The molecular weight excluding hydrogens is 213 g/mol. The summed E-state index contributed by atoms with van der Waals surface area (Å²) in [6.07, 6.45) is 6.69. The molecule has 1 rings (SSSR count). The Balaban J connectivity index is 2.29. The Labute approximate surface area is 103 Å². The van der Waals surface area contributed by atoms with Gasteiger partial charge in [0.05, 0.1) is 6.07 Å². The molecule has 17 heavy (non-hydrogen) atoms. The van der Waals surface area contributed by atoms with E-state index in [-0.39, 0.29) is 5.82 Å². The second kappa shape index (κ2) is 7.62. The SMILES string of the molecule is CC(=CCCc1ccc(F)cc1)CCCC#N. The Morgan fingerprint density at radius 1 is 1.35 bits per heavy atom. The number of rotatable bonds is 6. The van der Waals surface area contributed by atoms with E-state index in [1.54, 1.807) is 0 Å². The maximum Gasteiger partial charge on any atom is 0.123 e. The molecule has 0 N–H and O–H groups in total. The number of unbranched alkanes of at least 4 members (excludes halogenated alkanes) is 1. The van der Waals surface area contributed by atoms with Gasteiger partial charge in [-0.05, 0) is 50.3 Å². The van der Waals surface area contributed by atoms with Crippen LogP contribution in [0.5, 0.6) is 0 Å². The number of nitrogens with zero attached hydrogens (tertiary/aromatic N) is 1. The summed E-state index contributed by atoms with van der Waals surface area (Å²) in [5.41, 5.74) is 2.50. The predicted octanol–water partition coefficient (Wildman–Crippen LogP) is 4.40. The van der Waals surface area contributed by atoms with Crippen molar-refractivity contribution in [1.82, 2.24) is 0 Å².